The van der Waals surface area contributed by atoms with Gasteiger partial charge in [-0.05, 0) is 65.8 Å². The first-order chi connectivity index (χ1) is 13.0. The second-order valence-electron chi connectivity index (χ2n) is 6.17. The second kappa shape index (κ2) is 8.75. The number of aliphatic carboxylic acids is 1. The molecule has 1 atom stereocenters. The zero-order valence-corrected chi connectivity index (χ0v) is 17.3. The first kappa shape index (κ1) is 19.7. The Balaban J connectivity index is 1.71. The molecule has 1 heterocycles. The van der Waals surface area contributed by atoms with Crippen molar-refractivity contribution in [3.8, 4) is 0 Å². The number of hydrogen-bond acceptors (Lipinski definition) is 3. The highest BCUT2D eigenvalue weighted by atomic mass is 127. The molecule has 0 aliphatic carbocycles. The van der Waals surface area contributed by atoms with Gasteiger partial charge in [0.25, 0.3) is 5.91 Å². The summed E-state index contributed by atoms with van der Waals surface area (Å²) < 4.78 is 0.878. The highest BCUT2D eigenvalue weighted by Gasteiger charge is 2.27. The van der Waals surface area contributed by atoms with Gasteiger partial charge in [0.05, 0.1) is 0 Å². The van der Waals surface area contributed by atoms with Crippen molar-refractivity contribution in [1.29, 1.82) is 0 Å². The smallest absolute Gasteiger partial charge is 0.326 e. The normalized spacial score (nSPS) is 16.6. The van der Waals surface area contributed by atoms with Crippen molar-refractivity contribution < 1.29 is 14.7 Å². The van der Waals surface area contributed by atoms with Crippen LogP contribution in [0.1, 0.15) is 12.8 Å². The van der Waals surface area contributed by atoms with Crippen LogP contribution in [0.4, 0.5) is 11.4 Å². The van der Waals surface area contributed by atoms with Gasteiger partial charge in [-0.3, -0.25) is 4.79 Å². The number of nitrogens with zero attached hydrogens (tertiary/aromatic N) is 1. The van der Waals surface area contributed by atoms with Crippen molar-refractivity contribution in [1.82, 2.24) is 0 Å². The minimum absolute atomic E-state index is 0.0670. The SMILES string of the molecule is O=C(O)C(C/C=C1/CCN(c2ccccc2)C1=O)Nc1cc(Cl)ccc1I. The molecule has 0 radical (unpaired) electrons. The standard InChI is InChI=1S/C20H18ClIN2O3/c21-14-7-8-16(22)18(12-14)23-17(20(26)27)9-6-13-10-11-24(19(13)25)15-4-2-1-3-5-15/h1-8,12,17,23H,9-11H2,(H,26,27)/b13-6-. The molecule has 7 heteroatoms. The van der Waals surface area contributed by atoms with Crippen LogP contribution < -0.4 is 10.2 Å². The van der Waals surface area contributed by atoms with E-state index in [0.29, 0.717) is 29.2 Å². The van der Waals surface area contributed by atoms with E-state index < -0.39 is 12.0 Å². The van der Waals surface area contributed by atoms with E-state index in [1.165, 1.54) is 0 Å². The fourth-order valence-electron chi connectivity index (χ4n) is 2.94. The maximum atomic E-state index is 12.6. The maximum Gasteiger partial charge on any atom is 0.326 e. The molecule has 1 unspecified atom stereocenters. The Morgan fingerprint density at radius 2 is 2.04 bits per heavy atom. The number of benzene rings is 2. The lowest BCUT2D eigenvalue weighted by Gasteiger charge is -2.16. The van der Waals surface area contributed by atoms with E-state index in [0.717, 1.165) is 9.26 Å². The number of anilines is 2. The Kier molecular flexibility index (Phi) is 6.38. The summed E-state index contributed by atoms with van der Waals surface area (Å²) in [4.78, 5) is 26.0. The zero-order chi connectivity index (χ0) is 19.4. The van der Waals surface area contributed by atoms with Crippen molar-refractivity contribution >= 4 is 57.4 Å². The molecule has 2 aromatic rings. The third-order valence-corrected chi connectivity index (χ3v) is 5.52. The molecule has 1 aliphatic heterocycles. The first-order valence-corrected chi connectivity index (χ1v) is 9.91. The first-order valence-electron chi connectivity index (χ1n) is 8.46. The molecule has 2 aromatic carbocycles. The topological polar surface area (TPSA) is 69.6 Å². The summed E-state index contributed by atoms with van der Waals surface area (Å²) in [7, 11) is 0. The second-order valence-corrected chi connectivity index (χ2v) is 7.77. The molecular formula is C20H18ClIN2O3. The van der Waals surface area contributed by atoms with E-state index >= 15 is 0 Å². The predicted octanol–water partition coefficient (Wildman–Crippen LogP) is 4.56. The molecule has 0 saturated carbocycles. The number of carbonyl (C=O) groups is 2. The minimum atomic E-state index is -0.979. The largest absolute Gasteiger partial charge is 0.480 e. The van der Waals surface area contributed by atoms with E-state index in [1.54, 1.807) is 23.1 Å². The third-order valence-electron chi connectivity index (χ3n) is 4.35. The number of nitrogens with one attached hydrogen (secondary N) is 1. The minimum Gasteiger partial charge on any atom is -0.480 e. The van der Waals surface area contributed by atoms with Crippen molar-refractivity contribution in [2.24, 2.45) is 0 Å². The third kappa shape index (κ3) is 4.81. The number of carboxylic acid groups (broad SMARTS) is 1. The quantitative estimate of drug-likeness (QED) is 0.454. The Morgan fingerprint density at radius 1 is 1.30 bits per heavy atom. The van der Waals surface area contributed by atoms with E-state index in [9.17, 15) is 14.7 Å². The van der Waals surface area contributed by atoms with Crippen LogP contribution in [0.5, 0.6) is 0 Å². The molecule has 0 bridgehead atoms. The molecule has 3 rings (SSSR count). The number of carboxylic acids is 1. The summed E-state index contributed by atoms with van der Waals surface area (Å²) in [6.45, 7) is 0.603. The van der Waals surface area contributed by atoms with Crippen LogP contribution in [-0.4, -0.2) is 29.6 Å². The molecular weight excluding hydrogens is 479 g/mol. The van der Waals surface area contributed by atoms with Gasteiger partial charge in [0.1, 0.15) is 6.04 Å². The van der Waals surface area contributed by atoms with Crippen molar-refractivity contribution in [2.75, 3.05) is 16.8 Å². The molecule has 140 valence electrons. The summed E-state index contributed by atoms with van der Waals surface area (Å²) in [5, 5.41) is 13.1. The summed E-state index contributed by atoms with van der Waals surface area (Å²) >= 11 is 8.12. The lowest BCUT2D eigenvalue weighted by Crippen LogP contribution is -2.29. The summed E-state index contributed by atoms with van der Waals surface area (Å²) in [6, 6.07) is 13.9. The summed E-state index contributed by atoms with van der Waals surface area (Å²) in [5.74, 6) is -1.05. The number of amides is 1. The van der Waals surface area contributed by atoms with Gasteiger partial charge < -0.3 is 15.3 Å². The number of hydrogen-bond donors (Lipinski definition) is 2. The fourth-order valence-corrected chi connectivity index (χ4v) is 3.60. The van der Waals surface area contributed by atoms with Crippen LogP contribution in [0.3, 0.4) is 0 Å². The Bertz CT molecular complexity index is 886. The predicted molar refractivity (Wildman–Crippen MR) is 115 cm³/mol. The highest BCUT2D eigenvalue weighted by Crippen LogP contribution is 2.26. The van der Waals surface area contributed by atoms with Crippen LogP contribution in [0.25, 0.3) is 0 Å². The highest BCUT2D eigenvalue weighted by molar-refractivity contribution is 14.1. The Morgan fingerprint density at radius 3 is 2.74 bits per heavy atom. The fraction of sp³-hybridized carbons (Fsp3) is 0.200. The van der Waals surface area contributed by atoms with Crippen molar-refractivity contribution in [3.63, 3.8) is 0 Å². The van der Waals surface area contributed by atoms with Gasteiger partial charge in [-0.2, -0.15) is 0 Å². The number of carbonyl (C=O) groups excluding carboxylic acids is 1. The zero-order valence-electron chi connectivity index (χ0n) is 14.4. The molecule has 1 saturated heterocycles. The molecule has 5 nitrogen and oxygen atoms in total. The molecule has 1 aliphatic rings. The van der Waals surface area contributed by atoms with Gasteiger partial charge in [0, 0.05) is 32.1 Å². The van der Waals surface area contributed by atoms with E-state index in [2.05, 4.69) is 27.9 Å². The monoisotopic (exact) mass is 496 g/mol. The average Bonchev–Trinajstić information content (AvgIpc) is 3.02. The Hall–Kier alpha value is -2.06. The van der Waals surface area contributed by atoms with Gasteiger partial charge in [-0.25, -0.2) is 4.79 Å². The van der Waals surface area contributed by atoms with Crippen molar-refractivity contribution in [2.45, 2.75) is 18.9 Å². The average molecular weight is 497 g/mol. The van der Waals surface area contributed by atoms with Gasteiger partial charge in [-0.1, -0.05) is 35.9 Å². The van der Waals surface area contributed by atoms with Gasteiger partial charge in [-0.15, -0.1) is 0 Å². The molecule has 2 N–H and O–H groups in total. The molecule has 0 aromatic heterocycles. The molecule has 0 spiro atoms. The number of rotatable bonds is 6. The summed E-state index contributed by atoms with van der Waals surface area (Å²) in [6.07, 6.45) is 2.55. The number of para-hydroxylation sites is 1. The lowest BCUT2D eigenvalue weighted by atomic mass is 10.1. The summed E-state index contributed by atoms with van der Waals surface area (Å²) in [5.41, 5.74) is 2.16. The van der Waals surface area contributed by atoms with Crippen molar-refractivity contribution in [3.05, 3.63) is 68.8 Å². The molecule has 1 fully saturated rings. The van der Waals surface area contributed by atoms with Crippen LogP contribution in [0.15, 0.2) is 60.2 Å². The van der Waals surface area contributed by atoms with Crippen LogP contribution >= 0.6 is 34.2 Å². The van der Waals surface area contributed by atoms with E-state index in [4.69, 9.17) is 11.6 Å². The molecule has 27 heavy (non-hydrogen) atoms. The Labute approximate surface area is 176 Å². The van der Waals surface area contributed by atoms with Crippen LogP contribution in [0, 0.1) is 3.57 Å². The van der Waals surface area contributed by atoms with Crippen LogP contribution in [-0.2, 0) is 9.59 Å². The molecule has 1 amide bonds. The van der Waals surface area contributed by atoms with E-state index in [1.807, 2.05) is 36.4 Å². The lowest BCUT2D eigenvalue weighted by molar-refractivity contribution is -0.137. The van der Waals surface area contributed by atoms with Gasteiger partial charge in [0.2, 0.25) is 0 Å². The van der Waals surface area contributed by atoms with Gasteiger partial charge >= 0.3 is 5.97 Å². The maximum absolute atomic E-state index is 12.6. The number of halogens is 2. The van der Waals surface area contributed by atoms with Crippen LogP contribution in [0.2, 0.25) is 5.02 Å². The van der Waals surface area contributed by atoms with Gasteiger partial charge in [0.15, 0.2) is 0 Å². The van der Waals surface area contributed by atoms with E-state index in [-0.39, 0.29) is 12.3 Å².